The summed E-state index contributed by atoms with van der Waals surface area (Å²) in [4.78, 5) is 8.12. The van der Waals surface area contributed by atoms with Crippen LogP contribution in [0.4, 0.5) is 5.82 Å². The van der Waals surface area contributed by atoms with Crippen LogP contribution < -0.4 is 11.3 Å². The lowest BCUT2D eigenvalue weighted by Crippen LogP contribution is -2.11. The van der Waals surface area contributed by atoms with E-state index in [-0.39, 0.29) is 6.10 Å². The Morgan fingerprint density at radius 1 is 1.62 bits per heavy atom. The van der Waals surface area contributed by atoms with Crippen LogP contribution in [0.1, 0.15) is 19.7 Å². The van der Waals surface area contributed by atoms with E-state index in [1.807, 2.05) is 13.8 Å². The van der Waals surface area contributed by atoms with Crippen molar-refractivity contribution in [3.05, 3.63) is 18.1 Å². The van der Waals surface area contributed by atoms with Crippen molar-refractivity contribution in [2.24, 2.45) is 5.84 Å². The number of nitrogens with one attached hydrogen (secondary N) is 1. The minimum Gasteiger partial charge on any atom is -0.371 e. The molecule has 0 saturated heterocycles. The first-order valence-electron chi connectivity index (χ1n) is 4.12. The highest BCUT2D eigenvalue weighted by molar-refractivity contribution is 5.30. The van der Waals surface area contributed by atoms with Crippen molar-refractivity contribution in [1.82, 2.24) is 9.97 Å². The molecule has 1 heterocycles. The Labute approximate surface area is 77.3 Å². The van der Waals surface area contributed by atoms with Crippen LogP contribution in [0.15, 0.2) is 12.3 Å². The van der Waals surface area contributed by atoms with Crippen molar-refractivity contribution in [2.45, 2.75) is 26.6 Å². The highest BCUT2D eigenvalue weighted by Gasteiger charge is 1.99. The van der Waals surface area contributed by atoms with Crippen LogP contribution in [-0.2, 0) is 11.3 Å². The van der Waals surface area contributed by atoms with Crippen LogP contribution >= 0.6 is 0 Å². The van der Waals surface area contributed by atoms with Crippen molar-refractivity contribution in [3.63, 3.8) is 0 Å². The summed E-state index contributed by atoms with van der Waals surface area (Å²) < 4.78 is 5.33. The number of nitrogens with zero attached hydrogens (tertiary/aromatic N) is 2. The van der Waals surface area contributed by atoms with Crippen LogP contribution in [0.5, 0.6) is 0 Å². The topological polar surface area (TPSA) is 73.1 Å². The molecule has 0 radical (unpaired) electrons. The van der Waals surface area contributed by atoms with Crippen LogP contribution in [-0.4, -0.2) is 16.1 Å². The predicted octanol–water partition coefficient (Wildman–Crippen LogP) is 0.687. The van der Waals surface area contributed by atoms with Crippen molar-refractivity contribution in [2.75, 3.05) is 5.43 Å². The quantitative estimate of drug-likeness (QED) is 0.529. The molecule has 0 bridgehead atoms. The molecule has 0 saturated carbocycles. The summed E-state index contributed by atoms with van der Waals surface area (Å²) in [5, 5.41) is 0. The Hall–Kier alpha value is -1.20. The third-order valence-corrected chi connectivity index (χ3v) is 1.40. The number of hydrazine groups is 1. The van der Waals surface area contributed by atoms with Gasteiger partial charge in [-0.2, -0.15) is 0 Å². The van der Waals surface area contributed by atoms with E-state index in [9.17, 15) is 0 Å². The normalized spacial score (nSPS) is 10.5. The van der Waals surface area contributed by atoms with E-state index in [0.717, 1.165) is 0 Å². The van der Waals surface area contributed by atoms with Gasteiger partial charge in [-0.25, -0.2) is 15.8 Å². The van der Waals surface area contributed by atoms with Gasteiger partial charge in [0.05, 0.1) is 6.10 Å². The maximum absolute atomic E-state index is 5.33. The maximum Gasteiger partial charge on any atom is 0.156 e. The molecule has 5 heteroatoms. The summed E-state index contributed by atoms with van der Waals surface area (Å²) in [6, 6.07) is 1.69. The number of aromatic nitrogens is 2. The van der Waals surface area contributed by atoms with Crippen LogP contribution in [0.3, 0.4) is 0 Å². The van der Waals surface area contributed by atoms with Crippen LogP contribution in [0.2, 0.25) is 0 Å². The first-order chi connectivity index (χ1) is 6.22. The standard InChI is InChI=1S/C8H14N4O/c1-6(2)13-5-8-10-4-3-7(11-8)12-9/h3-4,6H,5,9H2,1-2H3,(H,10,11,12). The molecule has 0 atom stereocenters. The summed E-state index contributed by atoms with van der Waals surface area (Å²) in [7, 11) is 0. The fourth-order valence-electron chi connectivity index (χ4n) is 0.790. The zero-order valence-corrected chi connectivity index (χ0v) is 7.82. The van der Waals surface area contributed by atoms with E-state index in [1.165, 1.54) is 0 Å². The van der Waals surface area contributed by atoms with Gasteiger partial charge in [-0.1, -0.05) is 0 Å². The molecular formula is C8H14N4O. The molecule has 1 aromatic rings. The van der Waals surface area contributed by atoms with Crippen LogP contribution in [0, 0.1) is 0 Å². The fourth-order valence-corrected chi connectivity index (χ4v) is 0.790. The Morgan fingerprint density at radius 3 is 3.00 bits per heavy atom. The van der Waals surface area contributed by atoms with Gasteiger partial charge >= 0.3 is 0 Å². The number of ether oxygens (including phenoxy) is 1. The number of hydrogen-bond acceptors (Lipinski definition) is 5. The largest absolute Gasteiger partial charge is 0.371 e. The molecule has 5 nitrogen and oxygen atoms in total. The lowest BCUT2D eigenvalue weighted by molar-refractivity contribution is 0.0613. The number of anilines is 1. The first-order valence-corrected chi connectivity index (χ1v) is 4.12. The Balaban J connectivity index is 2.56. The predicted molar refractivity (Wildman–Crippen MR) is 49.8 cm³/mol. The first kappa shape index (κ1) is 9.88. The van der Waals surface area contributed by atoms with E-state index >= 15 is 0 Å². The van der Waals surface area contributed by atoms with Gasteiger partial charge in [0.1, 0.15) is 12.4 Å². The molecule has 0 spiro atoms. The van der Waals surface area contributed by atoms with Gasteiger partial charge in [0.25, 0.3) is 0 Å². The Morgan fingerprint density at radius 2 is 2.38 bits per heavy atom. The SMILES string of the molecule is CC(C)OCc1nccc(NN)n1. The minimum atomic E-state index is 0.179. The van der Waals surface area contributed by atoms with E-state index < -0.39 is 0 Å². The molecule has 0 aliphatic rings. The van der Waals surface area contributed by atoms with Gasteiger partial charge in [-0.3, -0.25) is 0 Å². The van der Waals surface area contributed by atoms with Gasteiger partial charge < -0.3 is 10.2 Å². The molecule has 3 N–H and O–H groups in total. The molecule has 0 aromatic carbocycles. The molecule has 0 aliphatic heterocycles. The third-order valence-electron chi connectivity index (χ3n) is 1.40. The number of hydrogen-bond donors (Lipinski definition) is 2. The summed E-state index contributed by atoms with van der Waals surface area (Å²) in [6.07, 6.45) is 1.82. The van der Waals surface area contributed by atoms with Crippen molar-refractivity contribution in [1.29, 1.82) is 0 Å². The van der Waals surface area contributed by atoms with Gasteiger partial charge in [0, 0.05) is 12.3 Å². The lowest BCUT2D eigenvalue weighted by Gasteiger charge is -2.06. The second-order valence-electron chi connectivity index (χ2n) is 2.86. The monoisotopic (exact) mass is 182 g/mol. The highest BCUT2D eigenvalue weighted by atomic mass is 16.5. The molecule has 13 heavy (non-hydrogen) atoms. The molecule has 0 fully saturated rings. The zero-order chi connectivity index (χ0) is 9.68. The number of nitrogens with two attached hydrogens (primary N) is 1. The van der Waals surface area contributed by atoms with Gasteiger partial charge in [-0.05, 0) is 13.8 Å². The maximum atomic E-state index is 5.33. The molecule has 1 aromatic heterocycles. The van der Waals surface area contributed by atoms with E-state index in [2.05, 4.69) is 15.4 Å². The van der Waals surface area contributed by atoms with Crippen molar-refractivity contribution in [3.8, 4) is 0 Å². The van der Waals surface area contributed by atoms with Crippen molar-refractivity contribution < 1.29 is 4.74 Å². The zero-order valence-electron chi connectivity index (χ0n) is 7.82. The molecule has 1 rings (SSSR count). The van der Waals surface area contributed by atoms with Gasteiger partial charge in [0.2, 0.25) is 0 Å². The number of nitrogen functional groups attached to an aromatic ring is 1. The second-order valence-corrected chi connectivity index (χ2v) is 2.86. The average molecular weight is 182 g/mol. The van der Waals surface area contributed by atoms with Crippen molar-refractivity contribution >= 4 is 5.82 Å². The Bertz CT molecular complexity index is 264. The van der Waals surface area contributed by atoms with Gasteiger partial charge in [0.15, 0.2) is 5.82 Å². The fraction of sp³-hybridized carbons (Fsp3) is 0.500. The molecular weight excluding hydrogens is 168 g/mol. The second kappa shape index (κ2) is 4.74. The lowest BCUT2D eigenvalue weighted by atomic mass is 10.5. The molecule has 0 amide bonds. The van der Waals surface area contributed by atoms with E-state index in [0.29, 0.717) is 18.2 Å². The van der Waals surface area contributed by atoms with Crippen LogP contribution in [0.25, 0.3) is 0 Å². The summed E-state index contributed by atoms with van der Waals surface area (Å²) in [6.45, 7) is 4.34. The average Bonchev–Trinajstić information content (AvgIpc) is 2.15. The van der Waals surface area contributed by atoms with Gasteiger partial charge in [-0.15, -0.1) is 0 Å². The molecule has 72 valence electrons. The molecule has 0 unspecified atom stereocenters. The summed E-state index contributed by atoms with van der Waals surface area (Å²) in [5.74, 6) is 6.42. The van der Waals surface area contributed by atoms with E-state index in [4.69, 9.17) is 10.6 Å². The smallest absolute Gasteiger partial charge is 0.156 e. The third kappa shape index (κ3) is 3.35. The summed E-state index contributed by atoms with van der Waals surface area (Å²) >= 11 is 0. The Kier molecular flexibility index (Phi) is 3.60. The molecule has 0 aliphatic carbocycles. The highest BCUT2D eigenvalue weighted by Crippen LogP contribution is 2.01. The van der Waals surface area contributed by atoms with E-state index in [1.54, 1.807) is 12.3 Å². The number of rotatable bonds is 4. The minimum absolute atomic E-state index is 0.179. The summed E-state index contributed by atoms with van der Waals surface area (Å²) in [5.41, 5.74) is 2.45.